The van der Waals surface area contributed by atoms with E-state index in [4.69, 9.17) is 5.73 Å². The molecule has 0 saturated carbocycles. The van der Waals surface area contributed by atoms with Crippen molar-refractivity contribution in [2.24, 2.45) is 0 Å². The lowest BCUT2D eigenvalue weighted by Crippen LogP contribution is -2.27. The maximum atomic E-state index is 10.8. The number of hydrogen-bond acceptors (Lipinski definition) is 5. The molecule has 0 aliphatic carbocycles. The Morgan fingerprint density at radius 3 is 2.69 bits per heavy atom. The third-order valence-electron chi connectivity index (χ3n) is 1.95. The van der Waals surface area contributed by atoms with Gasteiger partial charge in [0.2, 0.25) is 10.0 Å². The number of nitrogens with zero attached hydrogens (tertiary/aromatic N) is 1. The van der Waals surface area contributed by atoms with Crippen molar-refractivity contribution >= 4 is 21.5 Å². The molecular formula is C9H16N4O2S. The molecular weight excluding hydrogens is 228 g/mol. The van der Waals surface area contributed by atoms with Crippen LogP contribution in [0.4, 0.5) is 11.5 Å². The van der Waals surface area contributed by atoms with Crippen LogP contribution in [0.3, 0.4) is 0 Å². The molecule has 0 bridgehead atoms. The van der Waals surface area contributed by atoms with E-state index < -0.39 is 10.0 Å². The minimum atomic E-state index is -3.12. The maximum Gasteiger partial charge on any atom is 0.208 e. The molecule has 16 heavy (non-hydrogen) atoms. The van der Waals surface area contributed by atoms with Crippen LogP contribution in [0.15, 0.2) is 12.3 Å². The van der Waals surface area contributed by atoms with Gasteiger partial charge in [-0.15, -0.1) is 0 Å². The number of nitrogen functional groups attached to an aromatic ring is 1. The Balaban J connectivity index is 2.41. The fraction of sp³-hybridized carbons (Fsp3) is 0.444. The number of aryl methyl sites for hydroxylation is 1. The van der Waals surface area contributed by atoms with Crippen LogP contribution in [0.25, 0.3) is 0 Å². The maximum absolute atomic E-state index is 10.8. The van der Waals surface area contributed by atoms with Crippen LogP contribution in [-0.2, 0) is 10.0 Å². The van der Waals surface area contributed by atoms with E-state index in [0.29, 0.717) is 24.6 Å². The third-order valence-corrected chi connectivity index (χ3v) is 2.68. The molecule has 0 aliphatic rings. The lowest BCUT2D eigenvalue weighted by atomic mass is 10.2. The first-order chi connectivity index (χ1) is 7.38. The van der Waals surface area contributed by atoms with Crippen molar-refractivity contribution in [3.05, 3.63) is 17.8 Å². The molecule has 1 heterocycles. The first-order valence-electron chi connectivity index (χ1n) is 4.79. The summed E-state index contributed by atoms with van der Waals surface area (Å²) < 4.78 is 23.9. The number of hydrogen-bond donors (Lipinski definition) is 3. The number of nitrogens with two attached hydrogens (primary N) is 1. The van der Waals surface area contributed by atoms with E-state index in [-0.39, 0.29) is 0 Å². The highest BCUT2D eigenvalue weighted by Crippen LogP contribution is 2.12. The standard InChI is InChI=1S/C9H16N4O2S/c1-7-5-9(12-6-8(7)10)11-3-4-13-16(2,14)15/h5-6,13H,3-4,10H2,1-2H3,(H,11,12). The Kier molecular flexibility index (Phi) is 4.08. The van der Waals surface area contributed by atoms with Crippen LogP contribution >= 0.6 is 0 Å². The van der Waals surface area contributed by atoms with Gasteiger partial charge in [0.05, 0.1) is 18.1 Å². The summed E-state index contributed by atoms with van der Waals surface area (Å²) in [6.45, 7) is 2.68. The molecule has 0 amide bonds. The molecule has 7 heteroatoms. The van der Waals surface area contributed by atoms with E-state index >= 15 is 0 Å². The first kappa shape index (κ1) is 12.7. The highest BCUT2D eigenvalue weighted by molar-refractivity contribution is 7.88. The number of pyridine rings is 1. The van der Waals surface area contributed by atoms with Crippen LogP contribution in [0.2, 0.25) is 0 Å². The van der Waals surface area contributed by atoms with Crippen molar-refractivity contribution in [3.63, 3.8) is 0 Å². The summed E-state index contributed by atoms with van der Waals surface area (Å²) in [4.78, 5) is 4.06. The zero-order chi connectivity index (χ0) is 12.2. The van der Waals surface area contributed by atoms with Crippen molar-refractivity contribution in [1.82, 2.24) is 9.71 Å². The Morgan fingerprint density at radius 2 is 2.12 bits per heavy atom. The molecule has 0 aromatic carbocycles. The van der Waals surface area contributed by atoms with Crippen LogP contribution in [0.5, 0.6) is 0 Å². The summed E-state index contributed by atoms with van der Waals surface area (Å²) in [7, 11) is -3.12. The Morgan fingerprint density at radius 1 is 1.44 bits per heavy atom. The van der Waals surface area contributed by atoms with Crippen molar-refractivity contribution in [2.45, 2.75) is 6.92 Å². The second-order valence-electron chi connectivity index (χ2n) is 3.52. The van der Waals surface area contributed by atoms with Crippen LogP contribution in [0.1, 0.15) is 5.56 Å². The van der Waals surface area contributed by atoms with E-state index in [0.717, 1.165) is 11.8 Å². The zero-order valence-electron chi connectivity index (χ0n) is 9.32. The molecule has 1 aromatic rings. The Hall–Kier alpha value is -1.34. The van der Waals surface area contributed by atoms with E-state index in [2.05, 4.69) is 15.0 Å². The fourth-order valence-electron chi connectivity index (χ4n) is 1.09. The second kappa shape index (κ2) is 5.13. The summed E-state index contributed by atoms with van der Waals surface area (Å²) in [5.41, 5.74) is 7.20. The van der Waals surface area contributed by atoms with Gasteiger partial charge in [0, 0.05) is 13.1 Å². The molecule has 6 nitrogen and oxygen atoms in total. The normalized spacial score (nSPS) is 11.4. The lowest BCUT2D eigenvalue weighted by molar-refractivity contribution is 0.589. The van der Waals surface area contributed by atoms with Crippen molar-refractivity contribution in [1.29, 1.82) is 0 Å². The van der Waals surface area contributed by atoms with Gasteiger partial charge < -0.3 is 11.1 Å². The summed E-state index contributed by atoms with van der Waals surface area (Å²) in [6, 6.07) is 1.82. The SMILES string of the molecule is Cc1cc(NCCNS(C)(=O)=O)ncc1N. The van der Waals surface area contributed by atoms with Crippen LogP contribution in [0, 0.1) is 6.92 Å². The van der Waals surface area contributed by atoms with Gasteiger partial charge in [-0.3, -0.25) is 0 Å². The average Bonchev–Trinajstić information content (AvgIpc) is 2.17. The highest BCUT2D eigenvalue weighted by Gasteiger charge is 2.00. The Bertz CT molecular complexity index is 459. The van der Waals surface area contributed by atoms with Gasteiger partial charge >= 0.3 is 0 Å². The van der Waals surface area contributed by atoms with E-state index in [9.17, 15) is 8.42 Å². The quantitative estimate of drug-likeness (QED) is 0.630. The highest BCUT2D eigenvalue weighted by atomic mass is 32.2. The van der Waals surface area contributed by atoms with Gasteiger partial charge in [-0.2, -0.15) is 0 Å². The van der Waals surface area contributed by atoms with E-state index in [1.165, 1.54) is 0 Å². The molecule has 0 fully saturated rings. The van der Waals surface area contributed by atoms with Gasteiger partial charge in [-0.1, -0.05) is 0 Å². The topological polar surface area (TPSA) is 97.1 Å². The predicted molar refractivity (Wildman–Crippen MR) is 64.7 cm³/mol. The monoisotopic (exact) mass is 244 g/mol. The van der Waals surface area contributed by atoms with Gasteiger partial charge in [0.15, 0.2) is 0 Å². The van der Waals surface area contributed by atoms with E-state index in [1.54, 1.807) is 6.20 Å². The zero-order valence-corrected chi connectivity index (χ0v) is 10.1. The molecule has 0 unspecified atom stereocenters. The number of rotatable bonds is 5. The Labute approximate surface area is 95.3 Å². The van der Waals surface area contributed by atoms with Crippen molar-refractivity contribution < 1.29 is 8.42 Å². The average molecular weight is 244 g/mol. The minimum Gasteiger partial charge on any atom is -0.397 e. The molecule has 0 aliphatic heterocycles. The lowest BCUT2D eigenvalue weighted by Gasteiger charge is -2.07. The molecule has 90 valence electrons. The summed E-state index contributed by atoms with van der Waals surface area (Å²) in [6.07, 6.45) is 2.69. The molecule has 0 radical (unpaired) electrons. The summed E-state index contributed by atoms with van der Waals surface area (Å²) >= 11 is 0. The molecule has 1 rings (SSSR count). The fourth-order valence-corrected chi connectivity index (χ4v) is 1.56. The third kappa shape index (κ3) is 4.45. The molecule has 0 spiro atoms. The largest absolute Gasteiger partial charge is 0.397 e. The molecule has 1 aromatic heterocycles. The summed E-state index contributed by atoms with van der Waals surface area (Å²) in [5.74, 6) is 0.682. The van der Waals surface area contributed by atoms with Gasteiger partial charge in [0.25, 0.3) is 0 Å². The number of sulfonamides is 1. The summed E-state index contributed by atoms with van der Waals surface area (Å²) in [5, 5.41) is 2.99. The van der Waals surface area contributed by atoms with Crippen LogP contribution < -0.4 is 15.8 Å². The van der Waals surface area contributed by atoms with Crippen LogP contribution in [-0.4, -0.2) is 32.7 Å². The predicted octanol–water partition coefficient (Wildman–Crippen LogP) is -0.0667. The molecule has 0 atom stereocenters. The second-order valence-corrected chi connectivity index (χ2v) is 5.35. The van der Waals surface area contributed by atoms with Crippen molar-refractivity contribution in [3.8, 4) is 0 Å². The van der Waals surface area contributed by atoms with Gasteiger partial charge in [0.1, 0.15) is 5.82 Å². The number of nitrogens with one attached hydrogen (secondary N) is 2. The van der Waals surface area contributed by atoms with Gasteiger partial charge in [-0.25, -0.2) is 18.1 Å². The minimum absolute atomic E-state index is 0.323. The molecule has 4 N–H and O–H groups in total. The van der Waals surface area contributed by atoms with E-state index in [1.807, 2.05) is 13.0 Å². The van der Waals surface area contributed by atoms with Gasteiger partial charge in [-0.05, 0) is 18.6 Å². The number of anilines is 2. The van der Waals surface area contributed by atoms with Crippen molar-refractivity contribution in [2.75, 3.05) is 30.4 Å². The smallest absolute Gasteiger partial charge is 0.208 e. The first-order valence-corrected chi connectivity index (χ1v) is 6.68. The molecule has 0 saturated heterocycles. The number of aromatic nitrogens is 1.